The van der Waals surface area contributed by atoms with E-state index in [1.165, 1.54) is 12.1 Å². The van der Waals surface area contributed by atoms with Crippen molar-refractivity contribution in [2.75, 3.05) is 6.54 Å². The van der Waals surface area contributed by atoms with Crippen molar-refractivity contribution in [1.29, 1.82) is 0 Å². The summed E-state index contributed by atoms with van der Waals surface area (Å²) < 4.78 is 12.7. The van der Waals surface area contributed by atoms with Crippen LogP contribution in [0.5, 0.6) is 0 Å². The molecule has 0 aliphatic carbocycles. The Morgan fingerprint density at radius 2 is 1.90 bits per heavy atom. The molecule has 0 aliphatic rings. The van der Waals surface area contributed by atoms with Crippen LogP contribution in [-0.4, -0.2) is 17.6 Å². The molecule has 2 rings (SSSR count). The molecule has 4 nitrogen and oxygen atoms in total. The summed E-state index contributed by atoms with van der Waals surface area (Å²) in [5.74, 6) is -0.284. The minimum atomic E-state index is -0.284. The number of carbonyl (C=O) groups excluding carboxylic acids is 1. The number of nitrogens with zero attached hydrogens (tertiary/aromatic N) is 1. The summed E-state index contributed by atoms with van der Waals surface area (Å²) in [5, 5.41) is 5.46. The van der Waals surface area contributed by atoms with Gasteiger partial charge in [-0.3, -0.25) is 4.98 Å². The van der Waals surface area contributed by atoms with E-state index in [-0.39, 0.29) is 11.8 Å². The number of urea groups is 1. The molecule has 0 aliphatic heterocycles. The molecule has 0 saturated carbocycles. The Morgan fingerprint density at radius 1 is 1.10 bits per heavy atom. The normalized spacial score (nSPS) is 10.1. The van der Waals surface area contributed by atoms with Gasteiger partial charge in [-0.15, -0.1) is 0 Å². The highest BCUT2D eigenvalue weighted by Crippen LogP contribution is 2.01. The van der Waals surface area contributed by atoms with Gasteiger partial charge in [0.25, 0.3) is 0 Å². The highest BCUT2D eigenvalue weighted by atomic mass is 19.1. The minimum Gasteiger partial charge on any atom is -0.338 e. The zero-order chi connectivity index (χ0) is 14.2. The average Bonchev–Trinajstić information content (AvgIpc) is 2.48. The minimum absolute atomic E-state index is 0.245. The molecule has 20 heavy (non-hydrogen) atoms. The van der Waals surface area contributed by atoms with Crippen LogP contribution < -0.4 is 10.6 Å². The Balaban J connectivity index is 1.67. The number of pyridine rings is 1. The molecule has 0 atom stereocenters. The van der Waals surface area contributed by atoms with Gasteiger partial charge in [0.2, 0.25) is 0 Å². The summed E-state index contributed by atoms with van der Waals surface area (Å²) >= 11 is 0. The van der Waals surface area contributed by atoms with E-state index in [2.05, 4.69) is 15.6 Å². The highest BCUT2D eigenvalue weighted by molar-refractivity contribution is 5.73. The molecule has 2 aromatic rings. The fourth-order valence-electron chi connectivity index (χ4n) is 1.70. The van der Waals surface area contributed by atoms with Gasteiger partial charge in [-0.2, -0.15) is 0 Å². The van der Waals surface area contributed by atoms with E-state index in [4.69, 9.17) is 0 Å². The van der Waals surface area contributed by atoms with Crippen LogP contribution in [0.3, 0.4) is 0 Å². The van der Waals surface area contributed by atoms with Crippen LogP contribution in [0.1, 0.15) is 11.3 Å². The Bertz CT molecular complexity index is 543. The lowest BCUT2D eigenvalue weighted by Crippen LogP contribution is -2.36. The van der Waals surface area contributed by atoms with E-state index in [1.54, 1.807) is 18.3 Å². The lowest BCUT2D eigenvalue weighted by Gasteiger charge is -2.07. The summed E-state index contributed by atoms with van der Waals surface area (Å²) in [4.78, 5) is 15.7. The van der Waals surface area contributed by atoms with E-state index in [0.717, 1.165) is 11.3 Å². The molecule has 2 N–H and O–H groups in total. The SMILES string of the molecule is O=C(NCCc1ccccn1)NCc1ccc(F)cc1. The highest BCUT2D eigenvalue weighted by Gasteiger charge is 2.01. The average molecular weight is 273 g/mol. The van der Waals surface area contributed by atoms with Gasteiger partial charge < -0.3 is 10.6 Å². The molecule has 1 aromatic carbocycles. The van der Waals surface area contributed by atoms with Crippen molar-refractivity contribution in [2.24, 2.45) is 0 Å². The molecular formula is C15H16FN3O. The fraction of sp³-hybridized carbons (Fsp3) is 0.200. The fourth-order valence-corrected chi connectivity index (χ4v) is 1.70. The van der Waals surface area contributed by atoms with Gasteiger partial charge in [-0.25, -0.2) is 9.18 Å². The lowest BCUT2D eigenvalue weighted by atomic mass is 10.2. The molecule has 0 bridgehead atoms. The second-order valence-corrected chi connectivity index (χ2v) is 4.31. The monoisotopic (exact) mass is 273 g/mol. The van der Waals surface area contributed by atoms with Crippen LogP contribution in [-0.2, 0) is 13.0 Å². The Kier molecular flexibility index (Phi) is 5.06. The molecule has 0 saturated heterocycles. The first-order chi connectivity index (χ1) is 9.74. The molecule has 0 radical (unpaired) electrons. The number of nitrogens with one attached hydrogen (secondary N) is 2. The standard InChI is InChI=1S/C15H16FN3O/c16-13-6-4-12(5-7-13)11-19-15(20)18-10-8-14-3-1-2-9-17-14/h1-7,9H,8,10-11H2,(H2,18,19,20). The Labute approximate surface area is 117 Å². The van der Waals surface area contributed by atoms with Crippen LogP contribution in [0.4, 0.5) is 9.18 Å². The first-order valence-electron chi connectivity index (χ1n) is 6.40. The van der Waals surface area contributed by atoms with Crippen LogP contribution >= 0.6 is 0 Å². The third-order valence-electron chi connectivity index (χ3n) is 2.76. The van der Waals surface area contributed by atoms with Gasteiger partial charge in [-0.1, -0.05) is 18.2 Å². The smallest absolute Gasteiger partial charge is 0.315 e. The quantitative estimate of drug-likeness (QED) is 0.878. The predicted octanol–water partition coefficient (Wildman–Crippen LogP) is 2.26. The van der Waals surface area contributed by atoms with E-state index in [0.29, 0.717) is 19.5 Å². The second-order valence-electron chi connectivity index (χ2n) is 4.31. The maximum absolute atomic E-state index is 12.7. The lowest BCUT2D eigenvalue weighted by molar-refractivity contribution is 0.240. The maximum Gasteiger partial charge on any atom is 0.315 e. The number of benzene rings is 1. The van der Waals surface area contributed by atoms with Crippen LogP contribution in [0.15, 0.2) is 48.7 Å². The molecule has 2 amide bonds. The molecule has 1 heterocycles. The third-order valence-corrected chi connectivity index (χ3v) is 2.76. The largest absolute Gasteiger partial charge is 0.338 e. The van der Waals surface area contributed by atoms with Gasteiger partial charge in [0.15, 0.2) is 0 Å². The number of hydrogen-bond donors (Lipinski definition) is 2. The third kappa shape index (κ3) is 4.68. The number of aromatic nitrogens is 1. The van der Waals surface area contributed by atoms with Crippen molar-refractivity contribution in [3.05, 3.63) is 65.7 Å². The van der Waals surface area contributed by atoms with Gasteiger partial charge in [-0.05, 0) is 29.8 Å². The summed E-state index contributed by atoms with van der Waals surface area (Å²) in [6.07, 6.45) is 2.41. The number of amides is 2. The van der Waals surface area contributed by atoms with Gasteiger partial charge >= 0.3 is 6.03 Å². The maximum atomic E-state index is 12.7. The zero-order valence-corrected chi connectivity index (χ0v) is 11.0. The number of hydrogen-bond acceptors (Lipinski definition) is 2. The Hall–Kier alpha value is -2.43. The van der Waals surface area contributed by atoms with Crippen molar-refractivity contribution >= 4 is 6.03 Å². The van der Waals surface area contributed by atoms with E-state index in [9.17, 15) is 9.18 Å². The van der Waals surface area contributed by atoms with Crippen molar-refractivity contribution in [3.63, 3.8) is 0 Å². The molecule has 0 spiro atoms. The van der Waals surface area contributed by atoms with Crippen molar-refractivity contribution in [2.45, 2.75) is 13.0 Å². The number of rotatable bonds is 5. The van der Waals surface area contributed by atoms with Crippen molar-refractivity contribution in [3.8, 4) is 0 Å². The van der Waals surface area contributed by atoms with Crippen LogP contribution in [0.2, 0.25) is 0 Å². The summed E-state index contributed by atoms with van der Waals surface area (Å²) in [7, 11) is 0. The molecule has 0 fully saturated rings. The first kappa shape index (κ1) is 14.0. The molecule has 5 heteroatoms. The van der Waals surface area contributed by atoms with Crippen LogP contribution in [0, 0.1) is 5.82 Å². The van der Waals surface area contributed by atoms with Gasteiger partial charge in [0.05, 0.1) is 0 Å². The summed E-state index contributed by atoms with van der Waals surface area (Å²) in [6.45, 7) is 0.891. The van der Waals surface area contributed by atoms with Crippen LogP contribution in [0.25, 0.3) is 0 Å². The molecule has 104 valence electrons. The van der Waals surface area contributed by atoms with E-state index >= 15 is 0 Å². The zero-order valence-electron chi connectivity index (χ0n) is 11.0. The van der Waals surface area contributed by atoms with E-state index in [1.807, 2.05) is 18.2 Å². The van der Waals surface area contributed by atoms with Crippen molar-refractivity contribution < 1.29 is 9.18 Å². The predicted molar refractivity (Wildman–Crippen MR) is 74.6 cm³/mol. The van der Waals surface area contributed by atoms with Crippen molar-refractivity contribution in [1.82, 2.24) is 15.6 Å². The molecular weight excluding hydrogens is 257 g/mol. The topological polar surface area (TPSA) is 54.0 Å². The first-order valence-corrected chi connectivity index (χ1v) is 6.40. The Morgan fingerprint density at radius 3 is 2.60 bits per heavy atom. The molecule has 1 aromatic heterocycles. The molecule has 0 unspecified atom stereocenters. The number of carbonyl (C=O) groups is 1. The summed E-state index contributed by atoms with van der Waals surface area (Å²) in [5.41, 5.74) is 1.79. The van der Waals surface area contributed by atoms with Gasteiger partial charge in [0.1, 0.15) is 5.82 Å². The summed E-state index contributed by atoms with van der Waals surface area (Å²) in [6, 6.07) is 11.5. The second kappa shape index (κ2) is 7.23. The number of halogens is 1. The van der Waals surface area contributed by atoms with E-state index < -0.39 is 0 Å². The van der Waals surface area contributed by atoms with Gasteiger partial charge in [0, 0.05) is 31.4 Å².